The molecule has 2 rings (SSSR count). The summed E-state index contributed by atoms with van der Waals surface area (Å²) in [5, 5.41) is 1.75. The van der Waals surface area contributed by atoms with Crippen molar-refractivity contribution >= 4 is 22.5 Å². The average molecular weight is 298 g/mol. The van der Waals surface area contributed by atoms with Crippen LogP contribution in [0.4, 0.5) is 0 Å². The number of rotatable bonds is 6. The lowest BCUT2D eigenvalue weighted by molar-refractivity contribution is -0.134. The van der Waals surface area contributed by atoms with Crippen LogP contribution in [0.25, 0.3) is 10.8 Å². The van der Waals surface area contributed by atoms with Crippen LogP contribution in [0.5, 0.6) is 5.75 Å². The number of methoxy groups -OCH3 is 1. The molecule has 0 spiro atoms. The van der Waals surface area contributed by atoms with Crippen LogP contribution in [-0.4, -0.2) is 25.5 Å². The van der Waals surface area contributed by atoms with Crippen LogP contribution in [0.15, 0.2) is 48.6 Å². The lowest BCUT2D eigenvalue weighted by atomic mass is 10.00. The molecule has 0 saturated carbocycles. The van der Waals surface area contributed by atoms with E-state index < -0.39 is 5.97 Å². The van der Waals surface area contributed by atoms with E-state index in [1.165, 1.54) is 13.2 Å². The monoisotopic (exact) mass is 298 g/mol. The van der Waals surface area contributed by atoms with Crippen LogP contribution in [0.1, 0.15) is 23.7 Å². The first-order valence-electron chi connectivity index (χ1n) is 7.12. The summed E-state index contributed by atoms with van der Waals surface area (Å²) in [6.07, 6.45) is 3.18. The van der Waals surface area contributed by atoms with Gasteiger partial charge < -0.3 is 9.47 Å². The highest BCUT2D eigenvalue weighted by Crippen LogP contribution is 2.29. The smallest absolute Gasteiger partial charge is 0.330 e. The van der Waals surface area contributed by atoms with Crippen molar-refractivity contribution in [2.24, 2.45) is 0 Å². The van der Waals surface area contributed by atoms with Gasteiger partial charge in [-0.3, -0.25) is 4.79 Å². The number of ether oxygens (including phenoxy) is 2. The fraction of sp³-hybridized carbons (Fsp3) is 0.222. The molecule has 0 fully saturated rings. The number of allylic oxidation sites excluding steroid dienone is 1. The van der Waals surface area contributed by atoms with E-state index in [9.17, 15) is 9.59 Å². The molecular weight excluding hydrogens is 280 g/mol. The Kier molecular flexibility index (Phi) is 5.31. The quantitative estimate of drug-likeness (QED) is 0.465. The Bertz CT molecular complexity index is 716. The Labute approximate surface area is 129 Å². The van der Waals surface area contributed by atoms with Crippen LogP contribution >= 0.6 is 0 Å². The number of hydrogen-bond acceptors (Lipinski definition) is 4. The van der Waals surface area contributed by atoms with Gasteiger partial charge in [0.2, 0.25) is 0 Å². The number of benzene rings is 2. The van der Waals surface area contributed by atoms with Crippen molar-refractivity contribution in [1.29, 1.82) is 0 Å². The minimum absolute atomic E-state index is 0.284. The second kappa shape index (κ2) is 7.41. The number of carbonyl (C=O) groups is 2. The van der Waals surface area contributed by atoms with E-state index in [4.69, 9.17) is 4.74 Å². The van der Waals surface area contributed by atoms with Gasteiger partial charge in [-0.2, -0.15) is 0 Å². The maximum absolute atomic E-state index is 12.5. The summed E-state index contributed by atoms with van der Waals surface area (Å²) in [4.78, 5) is 23.7. The van der Waals surface area contributed by atoms with Crippen molar-refractivity contribution in [2.75, 3.05) is 13.7 Å². The highest BCUT2D eigenvalue weighted by atomic mass is 16.5. The van der Waals surface area contributed by atoms with Crippen molar-refractivity contribution in [3.8, 4) is 5.75 Å². The molecule has 4 heteroatoms. The second-order valence-electron chi connectivity index (χ2n) is 4.73. The van der Waals surface area contributed by atoms with Crippen LogP contribution in [0.2, 0.25) is 0 Å². The Balaban J connectivity index is 2.49. The normalized spacial score (nSPS) is 10.8. The van der Waals surface area contributed by atoms with Gasteiger partial charge in [0.05, 0.1) is 19.3 Å². The molecule has 2 aromatic rings. The molecule has 0 aliphatic rings. The van der Waals surface area contributed by atoms with Crippen LogP contribution in [0, 0.1) is 0 Å². The van der Waals surface area contributed by atoms with Gasteiger partial charge in [0.1, 0.15) is 5.75 Å². The molecule has 0 amide bonds. The van der Waals surface area contributed by atoms with Gasteiger partial charge in [0.25, 0.3) is 0 Å². The van der Waals surface area contributed by atoms with E-state index in [0.29, 0.717) is 17.9 Å². The number of esters is 1. The minimum atomic E-state index is -0.565. The standard InChI is InChI=1S/C18H18O4/c1-3-12-22-16-10-8-13-6-4-5-7-14(13)18(16)15(19)9-11-17(20)21-2/h4-11H,3,12H2,1-2H3/b11-9+. The van der Waals surface area contributed by atoms with E-state index >= 15 is 0 Å². The Morgan fingerprint density at radius 2 is 1.86 bits per heavy atom. The highest BCUT2D eigenvalue weighted by Gasteiger charge is 2.15. The van der Waals surface area contributed by atoms with Gasteiger partial charge in [-0.05, 0) is 29.3 Å². The summed E-state index contributed by atoms with van der Waals surface area (Å²) < 4.78 is 10.2. The topological polar surface area (TPSA) is 52.6 Å². The summed E-state index contributed by atoms with van der Waals surface area (Å²) in [6.45, 7) is 2.53. The molecule has 2 aromatic carbocycles. The zero-order chi connectivity index (χ0) is 15.9. The number of ketones is 1. The van der Waals surface area contributed by atoms with Gasteiger partial charge >= 0.3 is 5.97 Å². The zero-order valence-electron chi connectivity index (χ0n) is 12.7. The maximum atomic E-state index is 12.5. The van der Waals surface area contributed by atoms with Crippen LogP contribution in [0.3, 0.4) is 0 Å². The minimum Gasteiger partial charge on any atom is -0.493 e. The Morgan fingerprint density at radius 1 is 1.09 bits per heavy atom. The first kappa shape index (κ1) is 15.8. The summed E-state index contributed by atoms with van der Waals surface area (Å²) in [6, 6.07) is 11.3. The SMILES string of the molecule is CCCOc1ccc2ccccc2c1C(=O)/C=C/C(=O)OC. The molecule has 114 valence electrons. The fourth-order valence-electron chi connectivity index (χ4n) is 2.13. The predicted octanol–water partition coefficient (Wildman–Crippen LogP) is 3.54. The molecule has 0 heterocycles. The Morgan fingerprint density at radius 3 is 2.59 bits per heavy atom. The second-order valence-corrected chi connectivity index (χ2v) is 4.73. The van der Waals surface area contributed by atoms with Gasteiger partial charge in [0, 0.05) is 6.08 Å². The van der Waals surface area contributed by atoms with Gasteiger partial charge in [-0.1, -0.05) is 37.3 Å². The van der Waals surface area contributed by atoms with E-state index in [2.05, 4.69) is 4.74 Å². The first-order valence-corrected chi connectivity index (χ1v) is 7.12. The third kappa shape index (κ3) is 3.52. The van der Waals surface area contributed by atoms with Crippen molar-refractivity contribution in [3.05, 3.63) is 54.1 Å². The first-order chi connectivity index (χ1) is 10.7. The highest BCUT2D eigenvalue weighted by molar-refractivity contribution is 6.16. The largest absolute Gasteiger partial charge is 0.493 e. The molecule has 0 radical (unpaired) electrons. The van der Waals surface area contributed by atoms with Crippen LogP contribution in [-0.2, 0) is 9.53 Å². The van der Waals surface area contributed by atoms with Crippen molar-refractivity contribution in [1.82, 2.24) is 0 Å². The molecule has 0 atom stereocenters. The average Bonchev–Trinajstić information content (AvgIpc) is 2.56. The van der Waals surface area contributed by atoms with E-state index in [1.807, 2.05) is 37.3 Å². The van der Waals surface area contributed by atoms with Crippen molar-refractivity contribution in [2.45, 2.75) is 13.3 Å². The van der Waals surface area contributed by atoms with E-state index in [1.54, 1.807) is 6.07 Å². The molecular formula is C18H18O4. The molecule has 0 saturated heterocycles. The summed E-state index contributed by atoms with van der Waals surface area (Å²) in [5.41, 5.74) is 0.465. The molecule has 0 unspecified atom stereocenters. The number of hydrogen-bond donors (Lipinski definition) is 0. The Hall–Kier alpha value is -2.62. The lowest BCUT2D eigenvalue weighted by Gasteiger charge is -2.12. The molecule has 0 aliphatic carbocycles. The van der Waals surface area contributed by atoms with E-state index in [0.717, 1.165) is 23.3 Å². The molecule has 0 bridgehead atoms. The number of fused-ring (bicyclic) bond motifs is 1. The molecule has 0 aromatic heterocycles. The molecule has 0 N–H and O–H groups in total. The molecule has 4 nitrogen and oxygen atoms in total. The third-order valence-electron chi connectivity index (χ3n) is 3.17. The maximum Gasteiger partial charge on any atom is 0.330 e. The lowest BCUT2D eigenvalue weighted by Crippen LogP contribution is -2.05. The van der Waals surface area contributed by atoms with Gasteiger partial charge in [-0.25, -0.2) is 4.79 Å². The summed E-state index contributed by atoms with van der Waals surface area (Å²) in [5.74, 6) is -0.321. The zero-order valence-corrected chi connectivity index (χ0v) is 12.7. The number of carbonyl (C=O) groups excluding carboxylic acids is 2. The summed E-state index contributed by atoms with van der Waals surface area (Å²) in [7, 11) is 1.27. The van der Waals surface area contributed by atoms with Gasteiger partial charge in [-0.15, -0.1) is 0 Å². The molecule has 0 aliphatic heterocycles. The van der Waals surface area contributed by atoms with Crippen molar-refractivity contribution < 1.29 is 19.1 Å². The third-order valence-corrected chi connectivity index (χ3v) is 3.17. The van der Waals surface area contributed by atoms with Crippen LogP contribution < -0.4 is 4.74 Å². The van der Waals surface area contributed by atoms with E-state index in [-0.39, 0.29) is 5.78 Å². The summed E-state index contributed by atoms with van der Waals surface area (Å²) >= 11 is 0. The van der Waals surface area contributed by atoms with Crippen molar-refractivity contribution in [3.63, 3.8) is 0 Å². The fourth-order valence-corrected chi connectivity index (χ4v) is 2.13. The predicted molar refractivity (Wildman–Crippen MR) is 85.2 cm³/mol. The molecule has 22 heavy (non-hydrogen) atoms. The van der Waals surface area contributed by atoms with Gasteiger partial charge in [0.15, 0.2) is 5.78 Å².